The highest BCUT2D eigenvalue weighted by Crippen LogP contribution is 2.31. The second kappa shape index (κ2) is 8.25. The van der Waals surface area contributed by atoms with Crippen molar-refractivity contribution < 1.29 is 14.0 Å². The summed E-state index contributed by atoms with van der Waals surface area (Å²) in [5.74, 6) is 2.15. The normalized spacial score (nSPS) is 13.4. The predicted octanol–water partition coefficient (Wildman–Crippen LogP) is 5.19. The Balaban J connectivity index is 1.50. The highest BCUT2D eigenvalue weighted by Gasteiger charge is 2.24. The summed E-state index contributed by atoms with van der Waals surface area (Å²) in [7, 11) is 0. The number of nitrogens with zero attached hydrogens (tertiary/aromatic N) is 1. The van der Waals surface area contributed by atoms with Crippen LogP contribution < -0.4 is 5.32 Å². The molecule has 3 aromatic rings. The van der Waals surface area contributed by atoms with Crippen molar-refractivity contribution in [3.8, 4) is 11.3 Å². The zero-order valence-corrected chi connectivity index (χ0v) is 17.4. The number of hydrogen-bond donors (Lipinski definition) is 1. The van der Waals surface area contributed by atoms with E-state index in [0.29, 0.717) is 30.3 Å². The summed E-state index contributed by atoms with van der Waals surface area (Å²) in [6, 6.07) is 13.3. The zero-order valence-electron chi connectivity index (χ0n) is 16.6. The number of anilines is 1. The van der Waals surface area contributed by atoms with Gasteiger partial charge in [0.1, 0.15) is 11.5 Å². The standard InChI is InChI=1S/C23H24N2O3S/c1-15(2)11-22(26)25-9-8-19-17(14-25)13-20(28-19)16-5-3-6-18(12-16)24-23(27)21-7-4-10-29-21/h3-7,10,12-13,15H,8-9,11,14H2,1-2H3,(H,24,27). The molecule has 0 radical (unpaired) electrons. The van der Waals surface area contributed by atoms with Crippen LogP contribution in [0.2, 0.25) is 0 Å². The number of benzene rings is 1. The number of furan rings is 1. The Hall–Kier alpha value is -2.86. The maximum absolute atomic E-state index is 12.4. The SMILES string of the molecule is CC(C)CC(=O)N1CCc2oc(-c3cccc(NC(=O)c4cccs4)c3)cc2C1. The lowest BCUT2D eigenvalue weighted by atomic mass is 10.0. The molecule has 6 heteroatoms. The summed E-state index contributed by atoms with van der Waals surface area (Å²) in [5, 5.41) is 4.82. The molecule has 0 spiro atoms. The van der Waals surface area contributed by atoms with Crippen molar-refractivity contribution in [3.63, 3.8) is 0 Å². The molecule has 0 atom stereocenters. The number of thiophene rings is 1. The molecule has 1 aliphatic rings. The van der Waals surface area contributed by atoms with E-state index >= 15 is 0 Å². The average Bonchev–Trinajstić information content (AvgIpc) is 3.37. The lowest BCUT2D eigenvalue weighted by molar-refractivity contribution is -0.132. The van der Waals surface area contributed by atoms with Crippen LogP contribution in [0.25, 0.3) is 11.3 Å². The molecule has 29 heavy (non-hydrogen) atoms. The molecular weight excluding hydrogens is 384 g/mol. The molecule has 2 amide bonds. The van der Waals surface area contributed by atoms with Gasteiger partial charge >= 0.3 is 0 Å². The van der Waals surface area contributed by atoms with Gasteiger partial charge in [0.15, 0.2) is 0 Å². The second-order valence-corrected chi connectivity index (χ2v) is 8.68. The zero-order chi connectivity index (χ0) is 20.4. The smallest absolute Gasteiger partial charge is 0.265 e. The van der Waals surface area contributed by atoms with Gasteiger partial charge in [-0.3, -0.25) is 9.59 Å². The van der Waals surface area contributed by atoms with E-state index in [2.05, 4.69) is 19.2 Å². The lowest BCUT2D eigenvalue weighted by Crippen LogP contribution is -2.35. The van der Waals surface area contributed by atoms with Gasteiger partial charge in [-0.1, -0.05) is 32.0 Å². The summed E-state index contributed by atoms with van der Waals surface area (Å²) in [6.07, 6.45) is 1.31. The third kappa shape index (κ3) is 4.43. The fourth-order valence-corrected chi connectivity index (χ4v) is 4.14. The van der Waals surface area contributed by atoms with Crippen molar-refractivity contribution in [1.82, 2.24) is 4.90 Å². The van der Waals surface area contributed by atoms with E-state index in [1.807, 2.05) is 46.7 Å². The van der Waals surface area contributed by atoms with E-state index < -0.39 is 0 Å². The molecule has 4 rings (SSSR count). The fraction of sp³-hybridized carbons (Fsp3) is 0.304. The maximum atomic E-state index is 12.4. The van der Waals surface area contributed by atoms with Gasteiger partial charge < -0.3 is 14.6 Å². The van der Waals surface area contributed by atoms with Gasteiger partial charge in [-0.15, -0.1) is 11.3 Å². The van der Waals surface area contributed by atoms with Crippen LogP contribution in [0, 0.1) is 5.92 Å². The van der Waals surface area contributed by atoms with E-state index in [9.17, 15) is 9.59 Å². The lowest BCUT2D eigenvalue weighted by Gasteiger charge is -2.26. The molecule has 1 aliphatic heterocycles. The van der Waals surface area contributed by atoms with Crippen molar-refractivity contribution in [3.05, 3.63) is 64.0 Å². The Labute approximate surface area is 174 Å². The fourth-order valence-electron chi connectivity index (χ4n) is 3.52. The van der Waals surface area contributed by atoms with Crippen LogP contribution in [0.1, 0.15) is 41.3 Å². The van der Waals surface area contributed by atoms with Gasteiger partial charge in [-0.05, 0) is 35.6 Å². The van der Waals surface area contributed by atoms with E-state index in [4.69, 9.17) is 4.42 Å². The van der Waals surface area contributed by atoms with Gasteiger partial charge in [-0.25, -0.2) is 0 Å². The van der Waals surface area contributed by atoms with Gasteiger partial charge in [0.05, 0.1) is 4.88 Å². The van der Waals surface area contributed by atoms with Crippen molar-refractivity contribution >= 4 is 28.8 Å². The van der Waals surface area contributed by atoms with Crippen molar-refractivity contribution in [1.29, 1.82) is 0 Å². The first-order valence-electron chi connectivity index (χ1n) is 9.84. The molecule has 1 aromatic carbocycles. The first-order chi connectivity index (χ1) is 14.0. The Morgan fingerprint density at radius 3 is 2.83 bits per heavy atom. The maximum Gasteiger partial charge on any atom is 0.265 e. The van der Waals surface area contributed by atoms with Crippen LogP contribution >= 0.6 is 11.3 Å². The number of rotatable bonds is 5. The average molecular weight is 409 g/mol. The molecule has 0 unspecified atom stereocenters. The Bertz CT molecular complexity index is 1020. The van der Waals surface area contributed by atoms with Crippen LogP contribution in [-0.2, 0) is 17.8 Å². The third-order valence-electron chi connectivity index (χ3n) is 4.95. The summed E-state index contributed by atoms with van der Waals surface area (Å²) >= 11 is 1.41. The molecule has 2 aromatic heterocycles. The highest BCUT2D eigenvalue weighted by molar-refractivity contribution is 7.12. The molecule has 5 nitrogen and oxygen atoms in total. The topological polar surface area (TPSA) is 62.6 Å². The van der Waals surface area contributed by atoms with E-state index in [0.717, 1.165) is 34.8 Å². The van der Waals surface area contributed by atoms with Crippen LogP contribution in [0.4, 0.5) is 5.69 Å². The number of carbonyl (C=O) groups excluding carboxylic acids is 2. The second-order valence-electron chi connectivity index (χ2n) is 7.73. The Morgan fingerprint density at radius 1 is 1.21 bits per heavy atom. The molecule has 150 valence electrons. The van der Waals surface area contributed by atoms with E-state index in [1.54, 1.807) is 6.07 Å². The minimum Gasteiger partial charge on any atom is -0.461 e. The molecule has 0 bridgehead atoms. The first kappa shape index (κ1) is 19.5. The minimum absolute atomic E-state index is 0.116. The summed E-state index contributed by atoms with van der Waals surface area (Å²) in [5.41, 5.74) is 2.70. The van der Waals surface area contributed by atoms with Crippen molar-refractivity contribution in [2.45, 2.75) is 33.2 Å². The van der Waals surface area contributed by atoms with Gasteiger partial charge in [-0.2, -0.15) is 0 Å². The molecule has 0 saturated heterocycles. The molecule has 0 fully saturated rings. The van der Waals surface area contributed by atoms with Crippen LogP contribution in [0.5, 0.6) is 0 Å². The number of nitrogens with one attached hydrogen (secondary N) is 1. The van der Waals surface area contributed by atoms with Crippen LogP contribution in [0.15, 0.2) is 52.3 Å². The quantitative estimate of drug-likeness (QED) is 0.632. The van der Waals surface area contributed by atoms with Crippen molar-refractivity contribution in [2.75, 3.05) is 11.9 Å². The number of carbonyl (C=O) groups is 2. The van der Waals surface area contributed by atoms with E-state index in [1.165, 1.54) is 11.3 Å². The molecule has 3 heterocycles. The Morgan fingerprint density at radius 2 is 2.07 bits per heavy atom. The third-order valence-corrected chi connectivity index (χ3v) is 5.82. The predicted molar refractivity (Wildman–Crippen MR) is 115 cm³/mol. The summed E-state index contributed by atoms with van der Waals surface area (Å²) in [6.45, 7) is 5.42. The van der Waals surface area contributed by atoms with Crippen LogP contribution in [-0.4, -0.2) is 23.3 Å². The highest BCUT2D eigenvalue weighted by atomic mass is 32.1. The van der Waals surface area contributed by atoms with Crippen LogP contribution in [0.3, 0.4) is 0 Å². The molecule has 0 aliphatic carbocycles. The molecular formula is C23H24N2O3S. The summed E-state index contributed by atoms with van der Waals surface area (Å²) in [4.78, 5) is 27.3. The molecule has 0 saturated carbocycles. The minimum atomic E-state index is -0.116. The van der Waals surface area contributed by atoms with E-state index in [-0.39, 0.29) is 11.8 Å². The summed E-state index contributed by atoms with van der Waals surface area (Å²) < 4.78 is 6.08. The van der Waals surface area contributed by atoms with Crippen molar-refractivity contribution in [2.24, 2.45) is 5.92 Å². The van der Waals surface area contributed by atoms with Gasteiger partial charge in [0, 0.05) is 42.7 Å². The number of amides is 2. The number of fused-ring (bicyclic) bond motifs is 1. The molecule has 1 N–H and O–H groups in total. The monoisotopic (exact) mass is 408 g/mol. The van der Waals surface area contributed by atoms with Gasteiger partial charge in [0.2, 0.25) is 5.91 Å². The largest absolute Gasteiger partial charge is 0.461 e. The first-order valence-corrected chi connectivity index (χ1v) is 10.7. The van der Waals surface area contributed by atoms with Gasteiger partial charge in [0.25, 0.3) is 5.91 Å². The number of hydrogen-bond acceptors (Lipinski definition) is 4. The Kier molecular flexibility index (Phi) is 5.53.